The van der Waals surface area contributed by atoms with Crippen LogP contribution in [0.25, 0.3) is 0 Å². The van der Waals surface area contributed by atoms with Crippen molar-refractivity contribution in [1.82, 2.24) is 4.90 Å². The van der Waals surface area contributed by atoms with Gasteiger partial charge in [0.25, 0.3) is 0 Å². The molecule has 3 nitrogen and oxygen atoms in total. The van der Waals surface area contributed by atoms with E-state index in [-0.39, 0.29) is 16.8 Å². The Balaban J connectivity index is 4.37. The van der Waals surface area contributed by atoms with Crippen molar-refractivity contribution in [3.63, 3.8) is 0 Å². The summed E-state index contributed by atoms with van der Waals surface area (Å²) in [5.41, 5.74) is 0.230. The molecule has 0 aliphatic rings. The smallest absolute Gasteiger partial charge is 0.306 e. The standard InChI is InChI=1S/C16H33NO2/c1-13(2)17(7)10-9-15(3,4)12-16(5,6)11-14(18)19-8/h13H,9-12H2,1-8H3. The fourth-order valence-corrected chi connectivity index (χ4v) is 2.65. The van der Waals surface area contributed by atoms with Crippen molar-refractivity contribution >= 4 is 5.97 Å². The normalized spacial score (nSPS) is 13.2. The molecule has 0 amide bonds. The van der Waals surface area contributed by atoms with E-state index >= 15 is 0 Å². The van der Waals surface area contributed by atoms with E-state index < -0.39 is 0 Å². The lowest BCUT2D eigenvalue weighted by Gasteiger charge is -2.36. The van der Waals surface area contributed by atoms with Crippen molar-refractivity contribution in [3.05, 3.63) is 0 Å². The van der Waals surface area contributed by atoms with Gasteiger partial charge in [-0.3, -0.25) is 4.79 Å². The summed E-state index contributed by atoms with van der Waals surface area (Å²) in [6.07, 6.45) is 2.67. The van der Waals surface area contributed by atoms with E-state index in [0.717, 1.165) is 19.4 Å². The first-order valence-electron chi connectivity index (χ1n) is 7.26. The summed E-state index contributed by atoms with van der Waals surface area (Å²) >= 11 is 0. The van der Waals surface area contributed by atoms with Gasteiger partial charge in [-0.05, 0) is 51.1 Å². The van der Waals surface area contributed by atoms with Gasteiger partial charge in [0.15, 0.2) is 0 Å². The summed E-state index contributed by atoms with van der Waals surface area (Å²) in [6.45, 7) is 14.4. The van der Waals surface area contributed by atoms with Crippen molar-refractivity contribution in [1.29, 1.82) is 0 Å². The highest BCUT2D eigenvalue weighted by Gasteiger charge is 2.31. The minimum atomic E-state index is -0.111. The van der Waals surface area contributed by atoms with E-state index in [9.17, 15) is 4.79 Å². The molecule has 114 valence electrons. The molecule has 0 fully saturated rings. The molecule has 0 aliphatic heterocycles. The second kappa shape index (κ2) is 7.28. The Morgan fingerprint density at radius 3 is 2.11 bits per heavy atom. The maximum atomic E-state index is 11.4. The molecule has 0 bridgehead atoms. The van der Waals surface area contributed by atoms with Gasteiger partial charge in [0.2, 0.25) is 0 Å². The molecular weight excluding hydrogens is 238 g/mol. The lowest BCUT2D eigenvalue weighted by atomic mass is 9.72. The van der Waals surface area contributed by atoms with Crippen LogP contribution in [0.2, 0.25) is 0 Å². The summed E-state index contributed by atoms with van der Waals surface area (Å²) < 4.78 is 4.78. The van der Waals surface area contributed by atoms with Gasteiger partial charge in [-0.25, -0.2) is 0 Å². The summed E-state index contributed by atoms with van der Waals surface area (Å²) in [5, 5.41) is 0. The van der Waals surface area contributed by atoms with Crippen molar-refractivity contribution < 1.29 is 9.53 Å². The Kier molecular flexibility index (Phi) is 7.06. The number of esters is 1. The van der Waals surface area contributed by atoms with E-state index in [1.54, 1.807) is 0 Å². The van der Waals surface area contributed by atoms with Gasteiger partial charge in [-0.1, -0.05) is 27.7 Å². The molecule has 0 aromatic rings. The minimum Gasteiger partial charge on any atom is -0.469 e. The van der Waals surface area contributed by atoms with Crippen molar-refractivity contribution in [2.75, 3.05) is 20.7 Å². The molecule has 0 saturated carbocycles. The minimum absolute atomic E-state index is 0.00695. The van der Waals surface area contributed by atoms with Crippen molar-refractivity contribution in [2.45, 2.75) is 66.8 Å². The van der Waals surface area contributed by atoms with Crippen LogP contribution in [0.3, 0.4) is 0 Å². The molecule has 0 aromatic heterocycles. The zero-order chi connectivity index (χ0) is 15.3. The lowest BCUT2D eigenvalue weighted by Crippen LogP contribution is -2.32. The predicted octanol–water partition coefficient (Wildman–Crippen LogP) is 3.72. The highest BCUT2D eigenvalue weighted by molar-refractivity contribution is 5.69. The molecular formula is C16H33NO2. The van der Waals surface area contributed by atoms with Crippen LogP contribution in [0.15, 0.2) is 0 Å². The first-order valence-corrected chi connectivity index (χ1v) is 7.26. The summed E-state index contributed by atoms with van der Waals surface area (Å²) in [5.74, 6) is -0.111. The molecule has 0 atom stereocenters. The summed E-state index contributed by atoms with van der Waals surface area (Å²) in [6, 6.07) is 0.582. The fraction of sp³-hybridized carbons (Fsp3) is 0.938. The average molecular weight is 271 g/mol. The number of carbonyl (C=O) groups excluding carboxylic acids is 1. The maximum absolute atomic E-state index is 11.4. The third-order valence-electron chi connectivity index (χ3n) is 3.83. The topological polar surface area (TPSA) is 29.5 Å². The quantitative estimate of drug-likeness (QED) is 0.630. The predicted molar refractivity (Wildman–Crippen MR) is 81.2 cm³/mol. The number of hydrogen-bond donors (Lipinski definition) is 0. The Morgan fingerprint density at radius 1 is 1.16 bits per heavy atom. The van der Waals surface area contributed by atoms with Crippen LogP contribution >= 0.6 is 0 Å². The number of methoxy groups -OCH3 is 1. The monoisotopic (exact) mass is 271 g/mol. The summed E-state index contributed by atoms with van der Waals surface area (Å²) in [4.78, 5) is 13.8. The van der Waals surface area contributed by atoms with Crippen LogP contribution in [0, 0.1) is 10.8 Å². The van der Waals surface area contributed by atoms with Crippen LogP contribution in [-0.2, 0) is 9.53 Å². The third kappa shape index (κ3) is 8.25. The van der Waals surface area contributed by atoms with Gasteiger partial charge in [-0.2, -0.15) is 0 Å². The SMILES string of the molecule is COC(=O)CC(C)(C)CC(C)(C)CCN(C)C(C)C. The highest BCUT2D eigenvalue weighted by atomic mass is 16.5. The Labute approximate surface area is 119 Å². The number of carbonyl (C=O) groups is 1. The molecule has 0 aliphatic carbocycles. The van der Waals surface area contributed by atoms with Crippen molar-refractivity contribution in [2.24, 2.45) is 10.8 Å². The maximum Gasteiger partial charge on any atom is 0.306 e. The van der Waals surface area contributed by atoms with Gasteiger partial charge in [0.1, 0.15) is 0 Å². The number of ether oxygens (including phenoxy) is 1. The summed E-state index contributed by atoms with van der Waals surface area (Å²) in [7, 11) is 3.63. The van der Waals surface area contributed by atoms with Crippen LogP contribution < -0.4 is 0 Å². The molecule has 3 heteroatoms. The zero-order valence-corrected chi connectivity index (χ0v) is 14.2. The van der Waals surface area contributed by atoms with Gasteiger partial charge < -0.3 is 9.64 Å². The van der Waals surface area contributed by atoms with E-state index in [1.807, 2.05) is 0 Å². The fourth-order valence-electron chi connectivity index (χ4n) is 2.65. The Morgan fingerprint density at radius 2 is 1.68 bits per heavy atom. The van der Waals surface area contributed by atoms with E-state index in [1.165, 1.54) is 7.11 Å². The van der Waals surface area contributed by atoms with Crippen LogP contribution in [0.4, 0.5) is 0 Å². The molecule has 0 radical (unpaired) electrons. The molecule has 0 unspecified atom stereocenters. The highest BCUT2D eigenvalue weighted by Crippen LogP contribution is 2.38. The molecule has 0 N–H and O–H groups in total. The second-order valence-corrected chi connectivity index (χ2v) is 7.58. The van der Waals surface area contributed by atoms with Crippen LogP contribution in [-0.4, -0.2) is 37.6 Å². The Hall–Kier alpha value is -0.570. The Bertz CT molecular complexity index is 282. The molecule has 19 heavy (non-hydrogen) atoms. The van der Waals surface area contributed by atoms with Gasteiger partial charge in [0.05, 0.1) is 13.5 Å². The van der Waals surface area contributed by atoms with Gasteiger partial charge >= 0.3 is 5.97 Å². The first-order chi connectivity index (χ1) is 8.49. The van der Waals surface area contributed by atoms with Gasteiger partial charge in [0, 0.05) is 6.04 Å². The van der Waals surface area contributed by atoms with Crippen LogP contribution in [0.5, 0.6) is 0 Å². The second-order valence-electron chi connectivity index (χ2n) is 7.58. The molecule has 0 heterocycles. The van der Waals surface area contributed by atoms with Crippen molar-refractivity contribution in [3.8, 4) is 0 Å². The number of hydrogen-bond acceptors (Lipinski definition) is 3. The average Bonchev–Trinajstić information content (AvgIpc) is 2.23. The van der Waals surface area contributed by atoms with E-state index in [2.05, 4.69) is 53.5 Å². The zero-order valence-electron chi connectivity index (χ0n) is 14.2. The lowest BCUT2D eigenvalue weighted by molar-refractivity contribution is -0.143. The number of rotatable bonds is 8. The molecule has 0 aromatic carbocycles. The largest absolute Gasteiger partial charge is 0.469 e. The molecule has 0 rings (SSSR count). The third-order valence-corrected chi connectivity index (χ3v) is 3.83. The molecule has 0 spiro atoms. The van der Waals surface area contributed by atoms with Gasteiger partial charge in [-0.15, -0.1) is 0 Å². The number of nitrogens with zero attached hydrogens (tertiary/aromatic N) is 1. The molecule has 0 saturated heterocycles. The van der Waals surface area contributed by atoms with E-state index in [0.29, 0.717) is 12.5 Å². The first kappa shape index (κ1) is 18.4. The van der Waals surface area contributed by atoms with Crippen LogP contribution in [0.1, 0.15) is 60.8 Å². The van der Waals surface area contributed by atoms with E-state index in [4.69, 9.17) is 4.74 Å².